The van der Waals surface area contributed by atoms with E-state index in [2.05, 4.69) is 10.6 Å². The fraction of sp³-hybridized carbons (Fsp3) is 0.846. The molecule has 0 bridgehead atoms. The zero-order valence-electron chi connectivity index (χ0n) is 11.0. The summed E-state index contributed by atoms with van der Waals surface area (Å²) in [4.78, 5) is 22.6. The molecule has 2 fully saturated rings. The van der Waals surface area contributed by atoms with Gasteiger partial charge in [-0.15, -0.1) is 0 Å². The van der Waals surface area contributed by atoms with Crippen molar-refractivity contribution in [3.63, 3.8) is 0 Å². The average Bonchev–Trinajstić information content (AvgIpc) is 2.80. The highest BCUT2D eigenvalue weighted by atomic mass is 16.4. The number of hydrogen-bond acceptors (Lipinski definition) is 3. The zero-order valence-corrected chi connectivity index (χ0v) is 11.0. The van der Waals surface area contributed by atoms with Gasteiger partial charge in [0.15, 0.2) is 0 Å². The van der Waals surface area contributed by atoms with Gasteiger partial charge < -0.3 is 20.8 Å². The molecule has 0 spiro atoms. The standard InChI is InChI=1S/C13H22N2O4/c16-11-5-3-9(4-6-11)14-13(19)15-10-2-1-8(7-10)12(17)18/h8-11,16H,1-7H2,(H,17,18)(H2,14,15,19). The molecule has 0 saturated heterocycles. The second kappa shape index (κ2) is 6.23. The highest BCUT2D eigenvalue weighted by Crippen LogP contribution is 2.25. The molecule has 0 aliphatic heterocycles. The normalized spacial score (nSPS) is 34.8. The van der Waals surface area contributed by atoms with Gasteiger partial charge in [-0.05, 0) is 44.9 Å². The van der Waals surface area contributed by atoms with Crippen LogP contribution in [0.3, 0.4) is 0 Å². The molecule has 2 rings (SSSR count). The highest BCUT2D eigenvalue weighted by Gasteiger charge is 2.31. The molecule has 108 valence electrons. The molecule has 0 aromatic rings. The Kier molecular flexibility index (Phi) is 4.63. The van der Waals surface area contributed by atoms with Gasteiger partial charge in [-0.3, -0.25) is 4.79 Å². The third kappa shape index (κ3) is 4.09. The van der Waals surface area contributed by atoms with E-state index in [1.807, 2.05) is 0 Å². The molecule has 0 heterocycles. The quantitative estimate of drug-likeness (QED) is 0.611. The van der Waals surface area contributed by atoms with Gasteiger partial charge >= 0.3 is 12.0 Å². The highest BCUT2D eigenvalue weighted by molar-refractivity contribution is 5.75. The molecule has 2 amide bonds. The zero-order chi connectivity index (χ0) is 13.8. The fourth-order valence-corrected chi connectivity index (χ4v) is 2.97. The van der Waals surface area contributed by atoms with Gasteiger partial charge in [0, 0.05) is 12.1 Å². The molecule has 2 aliphatic rings. The largest absolute Gasteiger partial charge is 0.481 e. The molecule has 0 aromatic heterocycles. The van der Waals surface area contributed by atoms with Crippen LogP contribution in [0.5, 0.6) is 0 Å². The van der Waals surface area contributed by atoms with E-state index in [4.69, 9.17) is 5.11 Å². The molecular formula is C13H22N2O4. The van der Waals surface area contributed by atoms with E-state index in [-0.39, 0.29) is 30.1 Å². The lowest BCUT2D eigenvalue weighted by Crippen LogP contribution is -2.47. The van der Waals surface area contributed by atoms with Crippen molar-refractivity contribution in [2.24, 2.45) is 5.92 Å². The van der Waals surface area contributed by atoms with Gasteiger partial charge in [0.25, 0.3) is 0 Å². The van der Waals surface area contributed by atoms with Crippen LogP contribution < -0.4 is 10.6 Å². The predicted octanol–water partition coefficient (Wildman–Crippen LogP) is 0.842. The Bertz CT molecular complexity index is 340. The Hall–Kier alpha value is -1.30. The molecule has 0 radical (unpaired) electrons. The van der Waals surface area contributed by atoms with Crippen LogP contribution in [-0.2, 0) is 4.79 Å². The van der Waals surface area contributed by atoms with Crippen LogP contribution in [-0.4, -0.2) is 40.4 Å². The number of carboxylic acid groups (broad SMARTS) is 1. The van der Waals surface area contributed by atoms with Crippen LogP contribution in [0, 0.1) is 5.92 Å². The Morgan fingerprint density at radius 3 is 2.05 bits per heavy atom. The van der Waals surface area contributed by atoms with Gasteiger partial charge in [0.2, 0.25) is 0 Å². The first-order valence-electron chi connectivity index (χ1n) is 7.02. The average molecular weight is 270 g/mol. The van der Waals surface area contributed by atoms with Crippen LogP contribution in [0.1, 0.15) is 44.9 Å². The van der Waals surface area contributed by atoms with Crippen molar-refractivity contribution < 1.29 is 19.8 Å². The van der Waals surface area contributed by atoms with E-state index in [1.54, 1.807) is 0 Å². The summed E-state index contributed by atoms with van der Waals surface area (Å²) >= 11 is 0. The second-order valence-electron chi connectivity index (χ2n) is 5.67. The number of urea groups is 1. The number of aliphatic carboxylic acids is 1. The van der Waals surface area contributed by atoms with Crippen molar-refractivity contribution in [3.05, 3.63) is 0 Å². The van der Waals surface area contributed by atoms with E-state index in [1.165, 1.54) is 0 Å². The monoisotopic (exact) mass is 270 g/mol. The second-order valence-corrected chi connectivity index (χ2v) is 5.67. The van der Waals surface area contributed by atoms with Crippen LogP contribution in [0.2, 0.25) is 0 Å². The number of carboxylic acids is 1. The number of rotatable bonds is 3. The first-order chi connectivity index (χ1) is 9.04. The molecule has 0 aromatic carbocycles. The Labute approximate surface area is 112 Å². The lowest BCUT2D eigenvalue weighted by molar-refractivity contribution is -0.141. The summed E-state index contributed by atoms with van der Waals surface area (Å²) in [5, 5.41) is 24.0. The van der Waals surface area contributed by atoms with Gasteiger partial charge in [-0.2, -0.15) is 0 Å². The summed E-state index contributed by atoms with van der Waals surface area (Å²) in [7, 11) is 0. The number of aliphatic hydroxyl groups is 1. The lowest BCUT2D eigenvalue weighted by atomic mass is 9.93. The minimum Gasteiger partial charge on any atom is -0.481 e. The molecule has 2 saturated carbocycles. The van der Waals surface area contributed by atoms with Crippen molar-refractivity contribution in [2.45, 2.75) is 63.1 Å². The Morgan fingerprint density at radius 2 is 1.47 bits per heavy atom. The number of nitrogens with one attached hydrogen (secondary N) is 2. The van der Waals surface area contributed by atoms with E-state index >= 15 is 0 Å². The molecule has 2 aliphatic carbocycles. The third-order valence-electron chi connectivity index (χ3n) is 4.15. The van der Waals surface area contributed by atoms with Gasteiger partial charge in [-0.1, -0.05) is 0 Å². The van der Waals surface area contributed by atoms with Crippen LogP contribution >= 0.6 is 0 Å². The molecular weight excluding hydrogens is 248 g/mol. The Balaban J connectivity index is 1.69. The van der Waals surface area contributed by atoms with Gasteiger partial charge in [0.1, 0.15) is 0 Å². The molecule has 4 N–H and O–H groups in total. The molecule has 2 atom stereocenters. The number of carbonyl (C=O) groups is 2. The van der Waals surface area contributed by atoms with Crippen molar-refractivity contribution in [1.29, 1.82) is 0 Å². The maximum absolute atomic E-state index is 11.8. The fourth-order valence-electron chi connectivity index (χ4n) is 2.97. The minimum atomic E-state index is -0.772. The number of amides is 2. The smallest absolute Gasteiger partial charge is 0.315 e. The lowest BCUT2D eigenvalue weighted by Gasteiger charge is -2.26. The summed E-state index contributed by atoms with van der Waals surface area (Å²) in [5.74, 6) is -1.10. The maximum atomic E-state index is 11.8. The molecule has 2 unspecified atom stereocenters. The summed E-state index contributed by atoms with van der Waals surface area (Å²) in [6.45, 7) is 0. The summed E-state index contributed by atoms with van der Waals surface area (Å²) in [6.07, 6.45) is 4.72. The van der Waals surface area contributed by atoms with Crippen molar-refractivity contribution in [3.8, 4) is 0 Å². The first kappa shape index (κ1) is 14.1. The first-order valence-corrected chi connectivity index (χ1v) is 7.02. The summed E-state index contributed by atoms with van der Waals surface area (Å²) in [5.41, 5.74) is 0. The van der Waals surface area contributed by atoms with E-state index in [9.17, 15) is 14.7 Å². The van der Waals surface area contributed by atoms with Crippen LogP contribution in [0.25, 0.3) is 0 Å². The van der Waals surface area contributed by atoms with Crippen molar-refractivity contribution in [1.82, 2.24) is 10.6 Å². The van der Waals surface area contributed by atoms with Crippen molar-refractivity contribution in [2.75, 3.05) is 0 Å². The van der Waals surface area contributed by atoms with Crippen LogP contribution in [0.15, 0.2) is 0 Å². The number of hydrogen-bond donors (Lipinski definition) is 4. The van der Waals surface area contributed by atoms with E-state index in [0.717, 1.165) is 32.1 Å². The number of aliphatic hydroxyl groups excluding tert-OH is 1. The van der Waals surface area contributed by atoms with Gasteiger partial charge in [-0.25, -0.2) is 4.79 Å². The predicted molar refractivity (Wildman–Crippen MR) is 68.7 cm³/mol. The summed E-state index contributed by atoms with van der Waals surface area (Å²) in [6, 6.07) is -0.118. The van der Waals surface area contributed by atoms with E-state index < -0.39 is 5.97 Å². The molecule has 6 heteroatoms. The molecule has 6 nitrogen and oxygen atoms in total. The number of carbonyl (C=O) groups excluding carboxylic acids is 1. The van der Waals surface area contributed by atoms with Gasteiger partial charge in [0.05, 0.1) is 12.0 Å². The van der Waals surface area contributed by atoms with Crippen LogP contribution in [0.4, 0.5) is 4.79 Å². The topological polar surface area (TPSA) is 98.7 Å². The summed E-state index contributed by atoms with van der Waals surface area (Å²) < 4.78 is 0. The van der Waals surface area contributed by atoms with Crippen molar-refractivity contribution >= 4 is 12.0 Å². The Morgan fingerprint density at radius 1 is 0.895 bits per heavy atom. The maximum Gasteiger partial charge on any atom is 0.315 e. The van der Waals surface area contributed by atoms with E-state index in [0.29, 0.717) is 12.8 Å². The third-order valence-corrected chi connectivity index (χ3v) is 4.15. The minimum absolute atomic E-state index is 0.0321. The molecule has 19 heavy (non-hydrogen) atoms. The SMILES string of the molecule is O=C(NC1CCC(O)CC1)NC1CCC(C(=O)O)C1.